The molecule has 0 saturated heterocycles. The minimum atomic E-state index is -4.33. The van der Waals surface area contributed by atoms with Crippen molar-refractivity contribution < 1.29 is 18.0 Å². The van der Waals surface area contributed by atoms with Gasteiger partial charge < -0.3 is 16.8 Å². The van der Waals surface area contributed by atoms with Gasteiger partial charge in [-0.1, -0.05) is 0 Å². The van der Waals surface area contributed by atoms with Gasteiger partial charge >= 0.3 is 6.18 Å². The summed E-state index contributed by atoms with van der Waals surface area (Å²) in [4.78, 5) is 10.9. The molecule has 0 heterocycles. The van der Waals surface area contributed by atoms with E-state index in [1.807, 2.05) is 0 Å². The van der Waals surface area contributed by atoms with Gasteiger partial charge in [-0.2, -0.15) is 13.2 Å². The molecule has 16 heavy (non-hydrogen) atoms. The molecule has 5 N–H and O–H groups in total. The second kappa shape index (κ2) is 4.30. The smallest absolute Gasteiger partial charge is 0.398 e. The lowest BCUT2D eigenvalue weighted by atomic mass is 10.1. The summed E-state index contributed by atoms with van der Waals surface area (Å²) in [5.74, 6) is -0.784. The molecule has 0 bridgehead atoms. The molecule has 0 spiro atoms. The van der Waals surface area contributed by atoms with Crippen LogP contribution < -0.4 is 16.8 Å². The van der Waals surface area contributed by atoms with Crippen molar-refractivity contribution in [2.45, 2.75) is 6.18 Å². The van der Waals surface area contributed by atoms with E-state index in [2.05, 4.69) is 5.32 Å². The second-order valence-corrected chi connectivity index (χ2v) is 3.14. The van der Waals surface area contributed by atoms with E-state index in [9.17, 15) is 18.0 Å². The van der Waals surface area contributed by atoms with Crippen LogP contribution in [0.4, 0.5) is 24.5 Å². The molecule has 1 aromatic rings. The Kier molecular flexibility index (Phi) is 3.26. The number of halogens is 3. The molecule has 4 nitrogen and oxygen atoms in total. The second-order valence-electron chi connectivity index (χ2n) is 3.14. The molecule has 1 amide bonds. The number of nitrogen functional groups attached to an aromatic ring is 1. The van der Waals surface area contributed by atoms with E-state index in [1.165, 1.54) is 18.2 Å². The Morgan fingerprint density at radius 2 is 2.00 bits per heavy atom. The average Bonchev–Trinajstić information content (AvgIpc) is 2.14. The molecule has 7 heteroatoms. The van der Waals surface area contributed by atoms with Crippen LogP contribution in [0.1, 0.15) is 10.4 Å². The maximum absolute atomic E-state index is 11.9. The van der Waals surface area contributed by atoms with Gasteiger partial charge in [-0.3, -0.25) is 4.79 Å². The lowest BCUT2D eigenvalue weighted by Gasteiger charge is -2.11. The van der Waals surface area contributed by atoms with Gasteiger partial charge in [-0.05, 0) is 18.2 Å². The van der Waals surface area contributed by atoms with Crippen LogP contribution in [0.5, 0.6) is 0 Å². The molecule has 88 valence electrons. The number of alkyl halides is 3. The van der Waals surface area contributed by atoms with E-state index in [1.54, 1.807) is 0 Å². The summed E-state index contributed by atoms with van der Waals surface area (Å²) in [6.45, 7) is -1.19. The van der Waals surface area contributed by atoms with E-state index in [0.717, 1.165) is 0 Å². The molecule has 0 saturated carbocycles. The quantitative estimate of drug-likeness (QED) is 0.689. The van der Waals surface area contributed by atoms with Crippen molar-refractivity contribution in [1.82, 2.24) is 0 Å². The van der Waals surface area contributed by atoms with Crippen molar-refractivity contribution in [3.8, 4) is 0 Å². The Balaban J connectivity index is 2.83. The van der Waals surface area contributed by atoms with Crippen LogP contribution in [0.15, 0.2) is 18.2 Å². The Morgan fingerprint density at radius 1 is 1.38 bits per heavy atom. The first-order chi connectivity index (χ1) is 7.29. The molecule has 0 unspecified atom stereocenters. The summed E-state index contributed by atoms with van der Waals surface area (Å²) in [5.41, 5.74) is 10.7. The van der Waals surface area contributed by atoms with Gasteiger partial charge in [0.25, 0.3) is 5.91 Å². The number of benzene rings is 1. The molecule has 0 aliphatic carbocycles. The lowest BCUT2D eigenvalue weighted by Crippen LogP contribution is -2.21. The van der Waals surface area contributed by atoms with Crippen LogP contribution in [0.3, 0.4) is 0 Å². The fourth-order valence-corrected chi connectivity index (χ4v) is 1.08. The number of nitrogens with one attached hydrogen (secondary N) is 1. The molecule has 0 atom stereocenters. The standard InChI is InChI=1S/C9H10F3N3O/c10-9(11,12)4-15-5-1-2-7(13)6(3-5)8(14)16/h1-3,15H,4,13H2,(H2,14,16). The number of hydrogen-bond acceptors (Lipinski definition) is 3. The molecule has 1 aromatic carbocycles. The highest BCUT2D eigenvalue weighted by molar-refractivity contribution is 5.98. The Hall–Kier alpha value is -1.92. The SMILES string of the molecule is NC(=O)c1cc(NCC(F)(F)F)ccc1N. The molecular weight excluding hydrogens is 223 g/mol. The number of anilines is 2. The molecular formula is C9H10F3N3O. The molecule has 0 aromatic heterocycles. The van der Waals surface area contributed by atoms with Gasteiger partial charge in [0.1, 0.15) is 6.54 Å². The Bertz CT molecular complexity index is 403. The van der Waals surface area contributed by atoms with Gasteiger partial charge in [-0.15, -0.1) is 0 Å². The minimum absolute atomic E-state index is 0.00725. The topological polar surface area (TPSA) is 81.1 Å². The third-order valence-corrected chi connectivity index (χ3v) is 1.81. The largest absolute Gasteiger partial charge is 0.405 e. The number of amides is 1. The first kappa shape index (κ1) is 12.2. The van der Waals surface area contributed by atoms with Crippen molar-refractivity contribution in [2.24, 2.45) is 5.73 Å². The first-order valence-electron chi connectivity index (χ1n) is 4.29. The van der Waals surface area contributed by atoms with Crippen LogP contribution in [-0.4, -0.2) is 18.6 Å². The van der Waals surface area contributed by atoms with E-state index in [0.29, 0.717) is 0 Å². The summed E-state index contributed by atoms with van der Waals surface area (Å²) in [7, 11) is 0. The summed E-state index contributed by atoms with van der Waals surface area (Å²) >= 11 is 0. The molecule has 1 rings (SSSR count). The minimum Gasteiger partial charge on any atom is -0.398 e. The first-order valence-corrected chi connectivity index (χ1v) is 4.29. The fraction of sp³-hybridized carbons (Fsp3) is 0.222. The zero-order chi connectivity index (χ0) is 12.3. The van der Waals surface area contributed by atoms with Crippen LogP contribution in [0.2, 0.25) is 0 Å². The predicted molar refractivity (Wildman–Crippen MR) is 53.9 cm³/mol. The average molecular weight is 233 g/mol. The van der Waals surface area contributed by atoms with Crippen molar-refractivity contribution in [3.63, 3.8) is 0 Å². The van der Waals surface area contributed by atoms with Crippen LogP contribution in [0, 0.1) is 0 Å². The third kappa shape index (κ3) is 3.34. The summed E-state index contributed by atoms with van der Waals surface area (Å²) < 4.78 is 35.7. The van der Waals surface area contributed by atoms with Crippen molar-refractivity contribution in [1.29, 1.82) is 0 Å². The normalized spacial score (nSPS) is 11.2. The van der Waals surface area contributed by atoms with E-state index in [4.69, 9.17) is 11.5 Å². The molecule has 0 radical (unpaired) electrons. The van der Waals surface area contributed by atoms with Crippen LogP contribution in [0.25, 0.3) is 0 Å². The lowest BCUT2D eigenvalue weighted by molar-refractivity contribution is -0.115. The highest BCUT2D eigenvalue weighted by Crippen LogP contribution is 2.20. The zero-order valence-corrected chi connectivity index (χ0v) is 8.14. The maximum atomic E-state index is 11.9. The predicted octanol–water partition coefficient (Wildman–Crippen LogP) is 1.34. The van der Waals surface area contributed by atoms with Crippen LogP contribution >= 0.6 is 0 Å². The van der Waals surface area contributed by atoms with Crippen LogP contribution in [-0.2, 0) is 0 Å². The van der Waals surface area contributed by atoms with Gasteiger partial charge in [0.2, 0.25) is 0 Å². The number of nitrogens with two attached hydrogens (primary N) is 2. The van der Waals surface area contributed by atoms with E-state index < -0.39 is 18.6 Å². The zero-order valence-electron chi connectivity index (χ0n) is 8.14. The third-order valence-electron chi connectivity index (χ3n) is 1.81. The summed E-state index contributed by atoms with van der Waals surface area (Å²) in [5, 5.41) is 2.12. The van der Waals surface area contributed by atoms with Gasteiger partial charge in [0.05, 0.1) is 5.56 Å². The number of hydrogen-bond donors (Lipinski definition) is 3. The fourth-order valence-electron chi connectivity index (χ4n) is 1.08. The van der Waals surface area contributed by atoms with Crippen molar-refractivity contribution in [2.75, 3.05) is 17.6 Å². The van der Waals surface area contributed by atoms with Gasteiger partial charge in [-0.25, -0.2) is 0 Å². The summed E-state index contributed by atoms with van der Waals surface area (Å²) in [6.07, 6.45) is -4.33. The molecule has 0 fully saturated rings. The highest BCUT2D eigenvalue weighted by atomic mass is 19.4. The Morgan fingerprint density at radius 3 is 2.50 bits per heavy atom. The van der Waals surface area contributed by atoms with Crippen molar-refractivity contribution >= 4 is 17.3 Å². The number of rotatable bonds is 3. The van der Waals surface area contributed by atoms with E-state index in [-0.39, 0.29) is 16.9 Å². The Labute approximate surface area is 89.4 Å². The highest BCUT2D eigenvalue weighted by Gasteiger charge is 2.26. The number of carbonyl (C=O) groups is 1. The monoisotopic (exact) mass is 233 g/mol. The number of primary amides is 1. The van der Waals surface area contributed by atoms with Gasteiger partial charge in [0.15, 0.2) is 0 Å². The van der Waals surface area contributed by atoms with Crippen molar-refractivity contribution in [3.05, 3.63) is 23.8 Å². The molecule has 0 aliphatic heterocycles. The summed E-state index contributed by atoms with van der Waals surface area (Å²) in [6, 6.07) is 3.84. The number of carbonyl (C=O) groups excluding carboxylic acids is 1. The molecule has 0 aliphatic rings. The maximum Gasteiger partial charge on any atom is 0.405 e. The van der Waals surface area contributed by atoms with Gasteiger partial charge in [0, 0.05) is 11.4 Å². The van der Waals surface area contributed by atoms with E-state index >= 15 is 0 Å².